The van der Waals surface area contributed by atoms with Crippen molar-refractivity contribution in [2.24, 2.45) is 0 Å². The van der Waals surface area contributed by atoms with Crippen molar-refractivity contribution in [1.29, 1.82) is 0 Å². The van der Waals surface area contributed by atoms with Crippen LogP contribution in [0.2, 0.25) is 0 Å². The van der Waals surface area contributed by atoms with E-state index in [0.717, 1.165) is 22.0 Å². The third kappa shape index (κ3) is 2.08. The Morgan fingerprint density at radius 2 is 1.10 bits per heavy atom. The van der Waals surface area contributed by atoms with Gasteiger partial charge in [-0.25, -0.2) is 0 Å². The van der Waals surface area contributed by atoms with E-state index in [1.807, 2.05) is 18.6 Å². The number of pyridine rings is 2. The van der Waals surface area contributed by atoms with E-state index in [1.165, 1.54) is 43.1 Å². The van der Waals surface area contributed by atoms with Gasteiger partial charge in [-0.2, -0.15) is 0 Å². The molecule has 7 aromatic rings. The van der Waals surface area contributed by atoms with E-state index in [4.69, 9.17) is 4.98 Å². The summed E-state index contributed by atoms with van der Waals surface area (Å²) in [7, 11) is 0. The van der Waals surface area contributed by atoms with E-state index in [2.05, 4.69) is 83.8 Å². The van der Waals surface area contributed by atoms with Crippen LogP contribution < -0.4 is 0 Å². The van der Waals surface area contributed by atoms with Gasteiger partial charge in [-0.05, 0) is 67.4 Å². The lowest BCUT2D eigenvalue weighted by atomic mass is 9.91. The topological polar surface area (TPSA) is 25.8 Å². The first-order valence-electron chi connectivity index (χ1n) is 10.2. The molecule has 0 saturated carbocycles. The van der Waals surface area contributed by atoms with E-state index in [1.54, 1.807) is 0 Å². The van der Waals surface area contributed by atoms with Crippen LogP contribution in [0.4, 0.5) is 0 Å². The van der Waals surface area contributed by atoms with Crippen molar-refractivity contribution < 1.29 is 0 Å². The highest BCUT2D eigenvalue weighted by Gasteiger charge is 2.13. The third-order valence-corrected chi connectivity index (χ3v) is 6.29. The summed E-state index contributed by atoms with van der Waals surface area (Å²) in [4.78, 5) is 9.22. The molecule has 0 spiro atoms. The molecule has 0 bridgehead atoms. The van der Waals surface area contributed by atoms with Crippen LogP contribution in [0.3, 0.4) is 0 Å². The predicted molar refractivity (Wildman–Crippen MR) is 126 cm³/mol. The highest BCUT2D eigenvalue weighted by Crippen LogP contribution is 2.39. The number of hydrogen-bond acceptors (Lipinski definition) is 2. The molecule has 0 aliphatic rings. The number of hydrogen-bond donors (Lipinski definition) is 0. The van der Waals surface area contributed by atoms with Gasteiger partial charge < -0.3 is 0 Å². The second-order valence-electron chi connectivity index (χ2n) is 7.93. The molecule has 0 fully saturated rings. The summed E-state index contributed by atoms with van der Waals surface area (Å²) in [6.45, 7) is 0. The molecule has 5 aromatic carbocycles. The average molecular weight is 380 g/mol. The average Bonchev–Trinajstić information content (AvgIpc) is 2.82. The molecule has 0 unspecified atom stereocenters. The van der Waals surface area contributed by atoms with Crippen LogP contribution >= 0.6 is 0 Å². The molecule has 2 heterocycles. The quantitative estimate of drug-likeness (QED) is 0.278. The number of fused-ring (bicyclic) bond motifs is 3. The number of aromatic nitrogens is 2. The summed E-state index contributed by atoms with van der Waals surface area (Å²) in [5.74, 6) is 0. The SMILES string of the molecule is c1cc2ccc3cc(-c4nccc5ccc6ccncc6c45)cc4ccc(c1)c2c34. The summed E-state index contributed by atoms with van der Waals surface area (Å²) in [5, 5.41) is 12.4. The van der Waals surface area contributed by atoms with Crippen molar-refractivity contribution in [2.45, 2.75) is 0 Å². The lowest BCUT2D eigenvalue weighted by Gasteiger charge is -2.14. The molecule has 0 aliphatic heterocycles. The molecule has 0 atom stereocenters. The third-order valence-electron chi connectivity index (χ3n) is 6.29. The first kappa shape index (κ1) is 15.8. The first-order valence-corrected chi connectivity index (χ1v) is 10.2. The van der Waals surface area contributed by atoms with Gasteiger partial charge in [0.1, 0.15) is 0 Å². The maximum absolute atomic E-state index is 4.84. The Morgan fingerprint density at radius 1 is 0.500 bits per heavy atom. The van der Waals surface area contributed by atoms with E-state index in [-0.39, 0.29) is 0 Å². The minimum Gasteiger partial charge on any atom is -0.264 e. The lowest BCUT2D eigenvalue weighted by molar-refractivity contribution is 1.35. The number of rotatable bonds is 1. The lowest BCUT2D eigenvalue weighted by Crippen LogP contribution is -1.90. The second kappa shape index (κ2) is 5.74. The van der Waals surface area contributed by atoms with Gasteiger partial charge in [0.2, 0.25) is 0 Å². The summed E-state index contributed by atoms with van der Waals surface area (Å²) in [5.41, 5.74) is 2.15. The van der Waals surface area contributed by atoms with Crippen molar-refractivity contribution in [3.8, 4) is 11.3 Å². The second-order valence-corrected chi connectivity index (χ2v) is 7.93. The van der Waals surface area contributed by atoms with Gasteiger partial charge in [-0.1, -0.05) is 54.6 Å². The van der Waals surface area contributed by atoms with Crippen molar-refractivity contribution in [3.05, 3.63) is 97.5 Å². The van der Waals surface area contributed by atoms with Gasteiger partial charge in [0.15, 0.2) is 0 Å². The fraction of sp³-hybridized carbons (Fsp3) is 0. The molecule has 138 valence electrons. The van der Waals surface area contributed by atoms with Gasteiger partial charge >= 0.3 is 0 Å². The Morgan fingerprint density at radius 3 is 1.87 bits per heavy atom. The van der Waals surface area contributed by atoms with E-state index < -0.39 is 0 Å². The molecule has 2 nitrogen and oxygen atoms in total. The largest absolute Gasteiger partial charge is 0.264 e. The number of nitrogens with zero attached hydrogens (tertiary/aromatic N) is 2. The van der Waals surface area contributed by atoms with Crippen LogP contribution in [0.5, 0.6) is 0 Å². The molecule has 7 rings (SSSR count). The zero-order chi connectivity index (χ0) is 19.7. The maximum Gasteiger partial charge on any atom is 0.0787 e. The Labute approximate surface area is 172 Å². The Hall–Kier alpha value is -4.04. The van der Waals surface area contributed by atoms with Crippen molar-refractivity contribution in [1.82, 2.24) is 9.97 Å². The summed E-state index contributed by atoms with van der Waals surface area (Å²) >= 11 is 0. The molecule has 0 saturated heterocycles. The predicted octanol–water partition coefficient (Wildman–Crippen LogP) is 7.35. The van der Waals surface area contributed by atoms with Gasteiger partial charge in [-0.3, -0.25) is 9.97 Å². The van der Waals surface area contributed by atoms with Gasteiger partial charge in [-0.15, -0.1) is 0 Å². The van der Waals surface area contributed by atoms with Gasteiger partial charge in [0.05, 0.1) is 5.69 Å². The van der Waals surface area contributed by atoms with Crippen molar-refractivity contribution in [3.63, 3.8) is 0 Å². The molecule has 0 amide bonds. The highest BCUT2D eigenvalue weighted by atomic mass is 14.7. The fourth-order valence-corrected chi connectivity index (χ4v) is 4.95. The van der Waals surface area contributed by atoms with Gasteiger partial charge in [0, 0.05) is 34.9 Å². The van der Waals surface area contributed by atoms with Crippen molar-refractivity contribution in [2.75, 3.05) is 0 Å². The van der Waals surface area contributed by atoms with Crippen LogP contribution in [-0.2, 0) is 0 Å². The first-order chi connectivity index (χ1) is 14.9. The summed E-state index contributed by atoms with van der Waals surface area (Å²) in [6, 6.07) is 28.5. The Balaban J connectivity index is 1.63. The molecule has 0 N–H and O–H groups in total. The zero-order valence-corrected chi connectivity index (χ0v) is 16.1. The van der Waals surface area contributed by atoms with Crippen LogP contribution in [0.25, 0.3) is 65.1 Å². The Bertz CT molecular complexity index is 1680. The van der Waals surface area contributed by atoms with Crippen LogP contribution in [0, 0.1) is 0 Å². The molecular formula is C28H16N2. The minimum absolute atomic E-state index is 1.01. The van der Waals surface area contributed by atoms with Gasteiger partial charge in [0.25, 0.3) is 0 Å². The molecule has 0 radical (unpaired) electrons. The molecular weight excluding hydrogens is 364 g/mol. The molecule has 2 aromatic heterocycles. The summed E-state index contributed by atoms with van der Waals surface area (Å²) < 4.78 is 0. The number of benzene rings is 5. The van der Waals surface area contributed by atoms with Crippen molar-refractivity contribution >= 4 is 53.9 Å². The zero-order valence-electron chi connectivity index (χ0n) is 16.1. The van der Waals surface area contributed by atoms with Crippen LogP contribution in [-0.4, -0.2) is 9.97 Å². The normalized spacial score (nSPS) is 12.0. The fourth-order valence-electron chi connectivity index (χ4n) is 4.95. The molecule has 0 aliphatic carbocycles. The smallest absolute Gasteiger partial charge is 0.0787 e. The molecule has 2 heteroatoms. The van der Waals surface area contributed by atoms with E-state index in [0.29, 0.717) is 0 Å². The Kier molecular flexibility index (Phi) is 3.03. The monoisotopic (exact) mass is 380 g/mol. The molecule has 30 heavy (non-hydrogen) atoms. The minimum atomic E-state index is 1.01. The van der Waals surface area contributed by atoms with E-state index >= 15 is 0 Å². The summed E-state index contributed by atoms with van der Waals surface area (Å²) in [6.07, 6.45) is 5.70. The van der Waals surface area contributed by atoms with Crippen LogP contribution in [0.1, 0.15) is 0 Å². The highest BCUT2D eigenvalue weighted by molar-refractivity contribution is 6.24. The standard InChI is InChI=1S/C28H16N2/c1-2-18-6-8-21-14-23(15-22-9-7-19(3-1)25(18)26(21)22)28-27-20(11-13-30-28)5-4-17-10-12-29-16-24(17)27/h1-16H. The van der Waals surface area contributed by atoms with Crippen LogP contribution in [0.15, 0.2) is 97.5 Å². The maximum atomic E-state index is 4.84. The van der Waals surface area contributed by atoms with E-state index in [9.17, 15) is 0 Å².